The van der Waals surface area contributed by atoms with Gasteiger partial charge in [0.05, 0.1) is 15.2 Å². The Morgan fingerprint density at radius 3 is 2.78 bits per heavy atom. The van der Waals surface area contributed by atoms with Crippen LogP contribution in [0.1, 0.15) is 6.42 Å². The van der Waals surface area contributed by atoms with Crippen LogP contribution in [0.2, 0.25) is 5.02 Å². The van der Waals surface area contributed by atoms with Crippen molar-refractivity contribution in [2.24, 2.45) is 5.73 Å². The molecule has 0 radical (unpaired) electrons. The van der Waals surface area contributed by atoms with E-state index in [2.05, 4.69) is 20.7 Å². The van der Waals surface area contributed by atoms with E-state index in [-0.39, 0.29) is 0 Å². The number of halogens is 2. The van der Waals surface area contributed by atoms with Crippen LogP contribution in [0.4, 0.5) is 5.69 Å². The molecule has 0 atom stereocenters. The second kappa shape index (κ2) is 6.72. The zero-order chi connectivity index (χ0) is 13.8. The highest BCUT2D eigenvalue weighted by Crippen LogP contribution is 2.30. The van der Waals surface area contributed by atoms with Gasteiger partial charge in [-0.2, -0.15) is 12.7 Å². The Kier molecular flexibility index (Phi) is 5.87. The van der Waals surface area contributed by atoms with Gasteiger partial charge in [0.15, 0.2) is 0 Å². The number of rotatable bonds is 6. The fraction of sp³-hybridized carbons (Fsp3) is 0.400. The van der Waals surface area contributed by atoms with Crippen LogP contribution in [0.3, 0.4) is 0 Å². The Morgan fingerprint density at radius 1 is 1.50 bits per heavy atom. The summed E-state index contributed by atoms with van der Waals surface area (Å²) in [6, 6.07) is 4.97. The number of nitrogens with zero attached hydrogens (tertiary/aromatic N) is 1. The monoisotopic (exact) mass is 355 g/mol. The molecule has 102 valence electrons. The standard InChI is InChI=1S/C10H15BrClN3O2S/c1-15(7-3-6-13)18(16,17)14-9-5-2-4-8(12)10(9)11/h2,4-5,14H,3,6-7,13H2,1H3. The van der Waals surface area contributed by atoms with Crippen molar-refractivity contribution in [3.63, 3.8) is 0 Å². The quantitative estimate of drug-likeness (QED) is 0.819. The van der Waals surface area contributed by atoms with Crippen molar-refractivity contribution in [1.29, 1.82) is 0 Å². The Balaban J connectivity index is 2.85. The Morgan fingerprint density at radius 2 is 2.17 bits per heavy atom. The molecule has 0 aliphatic rings. The topological polar surface area (TPSA) is 75.4 Å². The minimum absolute atomic E-state index is 0.365. The predicted molar refractivity (Wildman–Crippen MR) is 78.0 cm³/mol. The molecule has 0 aromatic heterocycles. The molecule has 0 spiro atoms. The van der Waals surface area contributed by atoms with Gasteiger partial charge in [-0.3, -0.25) is 4.72 Å². The normalized spacial score (nSPS) is 11.8. The lowest BCUT2D eigenvalue weighted by atomic mass is 10.3. The summed E-state index contributed by atoms with van der Waals surface area (Å²) in [6.45, 7) is 0.810. The first-order valence-corrected chi connectivity index (χ1v) is 7.87. The summed E-state index contributed by atoms with van der Waals surface area (Å²) in [6.07, 6.45) is 0.605. The smallest absolute Gasteiger partial charge is 0.301 e. The van der Waals surface area contributed by atoms with Crippen LogP contribution in [0.15, 0.2) is 22.7 Å². The van der Waals surface area contributed by atoms with Gasteiger partial charge in [-0.15, -0.1) is 0 Å². The van der Waals surface area contributed by atoms with Gasteiger partial charge < -0.3 is 5.73 Å². The fourth-order valence-corrected chi connectivity index (χ4v) is 2.88. The lowest BCUT2D eigenvalue weighted by molar-refractivity contribution is 0.468. The number of hydrogen-bond acceptors (Lipinski definition) is 3. The molecule has 18 heavy (non-hydrogen) atoms. The third-order valence-corrected chi connectivity index (χ3v) is 5.16. The summed E-state index contributed by atoms with van der Waals surface area (Å²) in [4.78, 5) is 0. The predicted octanol–water partition coefficient (Wildman–Crippen LogP) is 2.04. The summed E-state index contributed by atoms with van der Waals surface area (Å²) >= 11 is 9.13. The highest BCUT2D eigenvalue weighted by Gasteiger charge is 2.18. The van der Waals surface area contributed by atoms with Gasteiger partial charge in [-0.25, -0.2) is 0 Å². The van der Waals surface area contributed by atoms with E-state index in [0.29, 0.717) is 34.7 Å². The molecule has 0 heterocycles. The third-order valence-electron chi connectivity index (χ3n) is 2.28. The fourth-order valence-electron chi connectivity index (χ4n) is 1.23. The van der Waals surface area contributed by atoms with Gasteiger partial charge in [0.1, 0.15) is 0 Å². The Hall–Kier alpha value is -0.340. The first kappa shape index (κ1) is 15.7. The minimum atomic E-state index is -3.59. The van der Waals surface area contributed by atoms with Crippen LogP contribution in [-0.2, 0) is 10.2 Å². The molecule has 1 aromatic rings. The van der Waals surface area contributed by atoms with Gasteiger partial charge in [-0.1, -0.05) is 17.7 Å². The first-order valence-electron chi connectivity index (χ1n) is 5.26. The van der Waals surface area contributed by atoms with Crippen LogP contribution in [0.25, 0.3) is 0 Å². The van der Waals surface area contributed by atoms with Crippen molar-refractivity contribution in [1.82, 2.24) is 4.31 Å². The molecule has 8 heteroatoms. The molecule has 1 aromatic carbocycles. The average Bonchev–Trinajstić information content (AvgIpc) is 2.31. The number of benzene rings is 1. The third kappa shape index (κ3) is 4.10. The van der Waals surface area contributed by atoms with Crippen molar-refractivity contribution in [3.05, 3.63) is 27.7 Å². The highest BCUT2D eigenvalue weighted by molar-refractivity contribution is 9.10. The SMILES string of the molecule is CN(CCCN)S(=O)(=O)Nc1cccc(Cl)c1Br. The van der Waals surface area contributed by atoms with Crippen molar-refractivity contribution in [2.45, 2.75) is 6.42 Å². The van der Waals surface area contributed by atoms with Crippen LogP contribution >= 0.6 is 27.5 Å². The van der Waals surface area contributed by atoms with Gasteiger partial charge in [0.2, 0.25) is 0 Å². The van der Waals surface area contributed by atoms with E-state index >= 15 is 0 Å². The van der Waals surface area contributed by atoms with E-state index in [1.165, 1.54) is 11.4 Å². The number of anilines is 1. The van der Waals surface area contributed by atoms with Crippen molar-refractivity contribution in [3.8, 4) is 0 Å². The van der Waals surface area contributed by atoms with Crippen LogP contribution in [-0.4, -0.2) is 32.9 Å². The molecular weight excluding hydrogens is 342 g/mol. The molecular formula is C10H15BrClN3O2S. The molecule has 0 aliphatic heterocycles. The van der Waals surface area contributed by atoms with Gasteiger partial charge >= 0.3 is 10.2 Å². The molecule has 0 saturated carbocycles. The molecule has 0 unspecified atom stereocenters. The lowest BCUT2D eigenvalue weighted by Crippen LogP contribution is -2.34. The maximum Gasteiger partial charge on any atom is 0.301 e. The second-order valence-corrected chi connectivity index (χ2v) is 6.65. The summed E-state index contributed by atoms with van der Waals surface area (Å²) < 4.78 is 28.2. The summed E-state index contributed by atoms with van der Waals surface area (Å²) in [5, 5.41) is 0.444. The highest BCUT2D eigenvalue weighted by atomic mass is 79.9. The molecule has 0 fully saturated rings. The molecule has 0 bridgehead atoms. The van der Waals surface area contributed by atoms with Crippen molar-refractivity contribution in [2.75, 3.05) is 24.9 Å². The van der Waals surface area contributed by atoms with E-state index in [9.17, 15) is 8.42 Å². The van der Waals surface area contributed by atoms with Gasteiger partial charge in [0, 0.05) is 13.6 Å². The molecule has 1 rings (SSSR count). The zero-order valence-corrected chi connectivity index (χ0v) is 13.0. The average molecular weight is 357 g/mol. The number of nitrogens with one attached hydrogen (secondary N) is 1. The van der Waals surface area contributed by atoms with E-state index in [4.69, 9.17) is 17.3 Å². The zero-order valence-electron chi connectivity index (χ0n) is 9.86. The second-order valence-electron chi connectivity index (χ2n) is 3.67. The Bertz CT molecular complexity index is 510. The first-order chi connectivity index (χ1) is 8.38. The minimum Gasteiger partial charge on any atom is -0.330 e. The number of nitrogens with two attached hydrogens (primary N) is 1. The number of hydrogen-bond donors (Lipinski definition) is 2. The van der Waals surface area contributed by atoms with E-state index in [1.807, 2.05) is 0 Å². The van der Waals surface area contributed by atoms with E-state index in [0.717, 1.165) is 0 Å². The van der Waals surface area contributed by atoms with Gasteiger partial charge in [0.25, 0.3) is 0 Å². The molecule has 0 aliphatic carbocycles. The Labute approximate surface area is 121 Å². The van der Waals surface area contributed by atoms with Crippen LogP contribution in [0, 0.1) is 0 Å². The molecule has 3 N–H and O–H groups in total. The molecule has 0 saturated heterocycles. The van der Waals surface area contributed by atoms with Crippen LogP contribution < -0.4 is 10.5 Å². The lowest BCUT2D eigenvalue weighted by Gasteiger charge is -2.18. The molecule has 5 nitrogen and oxygen atoms in total. The van der Waals surface area contributed by atoms with Crippen molar-refractivity contribution >= 4 is 43.4 Å². The maximum atomic E-state index is 12.0. The van der Waals surface area contributed by atoms with Crippen molar-refractivity contribution < 1.29 is 8.42 Å². The van der Waals surface area contributed by atoms with Crippen LogP contribution in [0.5, 0.6) is 0 Å². The van der Waals surface area contributed by atoms with E-state index in [1.54, 1.807) is 18.2 Å². The molecule has 0 amide bonds. The van der Waals surface area contributed by atoms with Gasteiger partial charge in [-0.05, 0) is 41.0 Å². The summed E-state index contributed by atoms with van der Waals surface area (Å²) in [7, 11) is -2.09. The van der Waals surface area contributed by atoms with E-state index < -0.39 is 10.2 Å². The largest absolute Gasteiger partial charge is 0.330 e. The summed E-state index contributed by atoms with van der Waals surface area (Å²) in [5.74, 6) is 0. The summed E-state index contributed by atoms with van der Waals surface area (Å²) in [5.41, 5.74) is 5.75. The maximum absolute atomic E-state index is 12.0.